The van der Waals surface area contributed by atoms with Crippen molar-refractivity contribution in [2.75, 3.05) is 20.8 Å². The van der Waals surface area contributed by atoms with Crippen molar-refractivity contribution in [3.8, 4) is 11.5 Å². The van der Waals surface area contributed by atoms with Crippen LogP contribution in [0.1, 0.15) is 55.4 Å². The average molecular weight is 401 g/mol. The zero-order chi connectivity index (χ0) is 21.2. The molecule has 0 amide bonds. The fourth-order valence-corrected chi connectivity index (χ4v) is 3.19. The van der Waals surface area contributed by atoms with E-state index in [2.05, 4.69) is 26.0 Å². The van der Waals surface area contributed by atoms with E-state index in [0.29, 0.717) is 31.5 Å². The molecule has 5 heteroatoms. The lowest BCUT2D eigenvalue weighted by Gasteiger charge is -2.16. The van der Waals surface area contributed by atoms with E-state index in [9.17, 15) is 4.79 Å². The Bertz CT molecular complexity index is 755. The van der Waals surface area contributed by atoms with Gasteiger partial charge in [0.2, 0.25) is 0 Å². The third-order valence-corrected chi connectivity index (χ3v) is 4.87. The van der Waals surface area contributed by atoms with Crippen LogP contribution in [0.3, 0.4) is 0 Å². The summed E-state index contributed by atoms with van der Waals surface area (Å²) in [6, 6.07) is 12.3. The number of carbonyl (C=O) groups excluding carboxylic acids is 1. The van der Waals surface area contributed by atoms with Crippen molar-refractivity contribution in [3.05, 3.63) is 58.7 Å². The van der Waals surface area contributed by atoms with Gasteiger partial charge in [-0.2, -0.15) is 0 Å². The van der Waals surface area contributed by atoms with Gasteiger partial charge in [-0.3, -0.25) is 4.79 Å². The molecule has 1 atom stereocenters. The summed E-state index contributed by atoms with van der Waals surface area (Å²) in [6.07, 6.45) is 1.85. The molecule has 2 aromatic rings. The second kappa shape index (κ2) is 11.6. The van der Waals surface area contributed by atoms with Crippen molar-refractivity contribution in [1.29, 1.82) is 0 Å². The minimum absolute atomic E-state index is 0.352. The third-order valence-electron chi connectivity index (χ3n) is 4.87. The molecule has 29 heavy (non-hydrogen) atoms. The lowest BCUT2D eigenvalue weighted by molar-refractivity contribution is -0.132. The molecule has 0 aliphatic rings. The third kappa shape index (κ3) is 6.87. The number of ether oxygens (including phenoxy) is 4. The van der Waals surface area contributed by atoms with Gasteiger partial charge in [-0.15, -0.1) is 0 Å². The van der Waals surface area contributed by atoms with Crippen molar-refractivity contribution >= 4 is 5.97 Å². The summed E-state index contributed by atoms with van der Waals surface area (Å²) >= 11 is 0. The number of esters is 1. The van der Waals surface area contributed by atoms with Gasteiger partial charge in [0.05, 0.1) is 19.8 Å². The SMILES string of the molecule is CCC(C)c1ccc(OCCc2cc(COC)c(OC(C)=O)c(COC)c2)cc1. The predicted molar refractivity (Wildman–Crippen MR) is 114 cm³/mol. The van der Waals surface area contributed by atoms with Gasteiger partial charge in [0, 0.05) is 38.7 Å². The lowest BCUT2D eigenvalue weighted by atomic mass is 9.99. The van der Waals surface area contributed by atoms with Crippen molar-refractivity contribution in [1.82, 2.24) is 0 Å². The second-order valence-corrected chi connectivity index (χ2v) is 7.18. The van der Waals surface area contributed by atoms with Crippen LogP contribution in [0.15, 0.2) is 36.4 Å². The van der Waals surface area contributed by atoms with Gasteiger partial charge in [-0.05, 0) is 47.7 Å². The fraction of sp³-hybridized carbons (Fsp3) is 0.458. The van der Waals surface area contributed by atoms with Crippen LogP contribution in [0.4, 0.5) is 0 Å². The maximum Gasteiger partial charge on any atom is 0.308 e. The number of rotatable bonds is 11. The van der Waals surface area contributed by atoms with Crippen molar-refractivity contribution in [2.24, 2.45) is 0 Å². The van der Waals surface area contributed by atoms with Crippen LogP contribution < -0.4 is 9.47 Å². The Morgan fingerprint density at radius 3 is 2.07 bits per heavy atom. The summed E-state index contributed by atoms with van der Waals surface area (Å²) in [5.74, 6) is 1.57. The first-order valence-electron chi connectivity index (χ1n) is 10.0. The Hall–Kier alpha value is -2.37. The Labute approximate surface area is 173 Å². The van der Waals surface area contributed by atoms with E-state index in [1.54, 1.807) is 14.2 Å². The highest BCUT2D eigenvalue weighted by Gasteiger charge is 2.15. The van der Waals surface area contributed by atoms with E-state index in [1.165, 1.54) is 12.5 Å². The van der Waals surface area contributed by atoms with E-state index in [1.807, 2.05) is 24.3 Å². The van der Waals surface area contributed by atoms with Gasteiger partial charge in [-0.1, -0.05) is 26.0 Å². The molecule has 0 radical (unpaired) electrons. The van der Waals surface area contributed by atoms with Crippen LogP contribution in [0.5, 0.6) is 11.5 Å². The van der Waals surface area contributed by atoms with Crippen LogP contribution in [0.2, 0.25) is 0 Å². The highest BCUT2D eigenvalue weighted by atomic mass is 16.5. The summed E-state index contributed by atoms with van der Waals surface area (Å²) in [5.41, 5.74) is 4.06. The zero-order valence-corrected chi connectivity index (χ0v) is 18.1. The summed E-state index contributed by atoms with van der Waals surface area (Å²) < 4.78 is 21.9. The topological polar surface area (TPSA) is 54.0 Å². The Morgan fingerprint density at radius 1 is 1.00 bits per heavy atom. The summed E-state index contributed by atoms with van der Waals surface area (Å²) in [6.45, 7) is 7.06. The standard InChI is InChI=1S/C24H32O5/c1-6-17(2)20-7-9-23(10-8-20)28-12-11-19-13-21(15-26-4)24(29-18(3)25)22(14-19)16-27-5/h7-10,13-14,17H,6,11-12,15-16H2,1-5H3. The van der Waals surface area contributed by atoms with Gasteiger partial charge in [-0.25, -0.2) is 0 Å². The van der Waals surface area contributed by atoms with Gasteiger partial charge in [0.1, 0.15) is 11.5 Å². The molecule has 1 unspecified atom stereocenters. The summed E-state index contributed by atoms with van der Waals surface area (Å²) in [7, 11) is 3.23. The molecule has 0 aliphatic heterocycles. The molecular formula is C24H32O5. The summed E-state index contributed by atoms with van der Waals surface area (Å²) in [5, 5.41) is 0. The maximum atomic E-state index is 11.5. The van der Waals surface area contributed by atoms with E-state index >= 15 is 0 Å². The molecule has 0 spiro atoms. The Kier molecular flexibility index (Phi) is 9.16. The van der Waals surface area contributed by atoms with Gasteiger partial charge in [0.15, 0.2) is 0 Å². The molecule has 0 saturated carbocycles. The molecule has 0 bridgehead atoms. The van der Waals surface area contributed by atoms with Crippen LogP contribution in [0, 0.1) is 0 Å². The average Bonchev–Trinajstić information content (AvgIpc) is 2.70. The Balaban J connectivity index is 2.10. The number of methoxy groups -OCH3 is 2. The minimum Gasteiger partial charge on any atom is -0.493 e. The smallest absolute Gasteiger partial charge is 0.308 e. The number of benzene rings is 2. The van der Waals surface area contributed by atoms with Crippen LogP contribution >= 0.6 is 0 Å². The second-order valence-electron chi connectivity index (χ2n) is 7.18. The summed E-state index contributed by atoms with van der Waals surface area (Å²) in [4.78, 5) is 11.5. The molecular weight excluding hydrogens is 368 g/mol. The van der Waals surface area contributed by atoms with E-state index in [-0.39, 0.29) is 5.97 Å². The van der Waals surface area contributed by atoms with Gasteiger partial charge in [0.25, 0.3) is 0 Å². The minimum atomic E-state index is -0.364. The zero-order valence-electron chi connectivity index (χ0n) is 18.1. The van der Waals surface area contributed by atoms with Gasteiger partial charge >= 0.3 is 5.97 Å². The fourth-order valence-electron chi connectivity index (χ4n) is 3.19. The van der Waals surface area contributed by atoms with E-state index < -0.39 is 0 Å². The maximum absolute atomic E-state index is 11.5. The largest absolute Gasteiger partial charge is 0.493 e. The van der Waals surface area contributed by atoms with E-state index in [0.717, 1.165) is 35.3 Å². The van der Waals surface area contributed by atoms with Crippen molar-refractivity contribution < 1.29 is 23.7 Å². The quantitative estimate of drug-likeness (QED) is 0.391. The molecule has 0 aromatic heterocycles. The number of hydrogen-bond donors (Lipinski definition) is 0. The molecule has 2 rings (SSSR count). The molecule has 0 fully saturated rings. The number of hydrogen-bond acceptors (Lipinski definition) is 5. The molecule has 5 nitrogen and oxygen atoms in total. The van der Waals surface area contributed by atoms with Crippen LogP contribution in [-0.2, 0) is 33.9 Å². The monoisotopic (exact) mass is 400 g/mol. The Morgan fingerprint density at radius 2 is 1.59 bits per heavy atom. The van der Waals surface area contributed by atoms with Crippen molar-refractivity contribution in [3.63, 3.8) is 0 Å². The highest BCUT2D eigenvalue weighted by molar-refractivity contribution is 5.70. The number of carbonyl (C=O) groups is 1. The molecule has 158 valence electrons. The molecule has 0 aliphatic carbocycles. The van der Waals surface area contributed by atoms with E-state index in [4.69, 9.17) is 18.9 Å². The molecule has 0 saturated heterocycles. The highest BCUT2D eigenvalue weighted by Crippen LogP contribution is 2.28. The van der Waals surface area contributed by atoms with Crippen LogP contribution in [0.25, 0.3) is 0 Å². The van der Waals surface area contributed by atoms with Gasteiger partial charge < -0.3 is 18.9 Å². The molecule has 0 N–H and O–H groups in total. The van der Waals surface area contributed by atoms with Crippen molar-refractivity contribution in [2.45, 2.75) is 52.7 Å². The first kappa shape index (κ1) is 22.9. The molecule has 0 heterocycles. The predicted octanol–water partition coefficient (Wildman–Crippen LogP) is 5.04. The molecule has 2 aromatic carbocycles. The normalized spacial score (nSPS) is 11.9. The van der Waals surface area contributed by atoms with Crippen LogP contribution in [-0.4, -0.2) is 26.8 Å². The first-order chi connectivity index (χ1) is 14.0. The first-order valence-corrected chi connectivity index (χ1v) is 10.0. The lowest BCUT2D eigenvalue weighted by Crippen LogP contribution is -2.10.